The number of nitrogens with zero attached hydrogens (tertiary/aromatic N) is 3. The van der Waals surface area contributed by atoms with Crippen LogP contribution in [-0.2, 0) is 50.3 Å². The van der Waals surface area contributed by atoms with Crippen LogP contribution in [-0.4, -0.2) is 121 Å². The van der Waals surface area contributed by atoms with Gasteiger partial charge in [-0.3, -0.25) is 53.0 Å². The standard InChI is InChI=1S/C59H63F2N8O12P/c1-2-3-16-44(63-51(72)37-18-17-34-19-20-39(30-38(34)29-37)59(60,61)82(79,80)81)55(76)69-32-42-48-49(42)58(48,69)57(78)64-43(21-23-46(62)70)52(73)66-50(36-12-5-4-6-13-36)56(77)67-27-25-33(26-28-67)10-7-8-11-35-14-9-15-40-41(35)31-68(54(40)75)45-22-24-47(71)65-53(45)74/h4-6,9,12-15,17-20,29-30,33,42-45,48-50H,2-3,7,10,16,21-28,31-32H2,1H3,(H2,62,70)(H,63,72)(H,64,78)(H,66,73)(H,65,71,74)(H2,79,80,81)/t42-,43-,44-,45?,48+,49?,50-,58-/m0/s1. The van der Waals surface area contributed by atoms with E-state index in [0.717, 1.165) is 24.1 Å². The highest BCUT2D eigenvalue weighted by molar-refractivity contribution is 7.52. The van der Waals surface area contributed by atoms with Crippen molar-refractivity contribution in [3.63, 3.8) is 0 Å². The monoisotopic (exact) mass is 1140 g/mol. The lowest BCUT2D eigenvalue weighted by Gasteiger charge is -2.35. The van der Waals surface area contributed by atoms with Gasteiger partial charge < -0.3 is 46.2 Å². The number of imide groups is 1. The molecule has 4 aromatic rings. The molecule has 2 aliphatic carbocycles. The molecule has 23 heteroatoms. The first kappa shape index (κ1) is 57.4. The third-order valence-electron chi connectivity index (χ3n) is 17.2. The molecular formula is C59H63F2N8O12P. The Morgan fingerprint density at radius 1 is 0.866 bits per heavy atom. The Balaban J connectivity index is 0.776. The number of carbonyl (C=O) groups excluding carboxylic acids is 9. The van der Waals surface area contributed by atoms with Crippen molar-refractivity contribution in [1.82, 2.24) is 36.0 Å². The molecule has 8 atom stereocenters. The zero-order valence-corrected chi connectivity index (χ0v) is 45.8. The largest absolute Gasteiger partial charge is 0.399 e. The predicted octanol–water partition coefficient (Wildman–Crippen LogP) is 4.25. The number of amides is 9. The van der Waals surface area contributed by atoms with E-state index in [-0.39, 0.29) is 97.5 Å². The number of unbranched alkanes of at least 4 members (excludes halogenated alkanes) is 1. The summed E-state index contributed by atoms with van der Waals surface area (Å²) in [6.45, 7) is 3.11. The Bertz CT molecular complexity index is 3400. The summed E-state index contributed by atoms with van der Waals surface area (Å²) in [5.41, 5.74) is 1.19. The number of alkyl halides is 2. The molecule has 11 rings (SSSR count). The van der Waals surface area contributed by atoms with Crippen LogP contribution in [0.4, 0.5) is 8.78 Å². The zero-order valence-electron chi connectivity index (χ0n) is 44.9. The highest BCUT2D eigenvalue weighted by atomic mass is 31.2. The smallest absolute Gasteiger partial charge is 0.370 e. The molecule has 430 valence electrons. The first-order valence-corrected chi connectivity index (χ1v) is 29.3. The van der Waals surface area contributed by atoms with Crippen molar-refractivity contribution in [2.45, 2.75) is 119 Å². The maximum atomic E-state index is 14.7. The Labute approximate surface area is 470 Å². The number of halogens is 2. The number of hydrogen-bond acceptors (Lipinski definition) is 10. The third-order valence-corrected chi connectivity index (χ3v) is 18.2. The van der Waals surface area contributed by atoms with Gasteiger partial charge in [-0.15, -0.1) is 0 Å². The van der Waals surface area contributed by atoms with E-state index >= 15 is 0 Å². The highest BCUT2D eigenvalue weighted by Crippen LogP contribution is 2.83. The van der Waals surface area contributed by atoms with E-state index in [1.165, 1.54) is 34.1 Å². The molecule has 0 spiro atoms. The van der Waals surface area contributed by atoms with Crippen LogP contribution < -0.4 is 27.0 Å². The second-order valence-corrected chi connectivity index (χ2v) is 23.9. The maximum absolute atomic E-state index is 14.7. The molecular weight excluding hydrogens is 1080 g/mol. The van der Waals surface area contributed by atoms with Crippen LogP contribution in [0.15, 0.2) is 84.9 Å². The van der Waals surface area contributed by atoms with Crippen LogP contribution in [0.3, 0.4) is 0 Å². The number of likely N-dealkylation sites (tertiary alicyclic amines) is 1. The maximum Gasteiger partial charge on any atom is 0.399 e. The van der Waals surface area contributed by atoms with E-state index in [1.807, 2.05) is 13.0 Å². The van der Waals surface area contributed by atoms with Crippen molar-refractivity contribution in [2.24, 2.45) is 29.4 Å². The summed E-state index contributed by atoms with van der Waals surface area (Å²) in [7, 11) is -5.88. The summed E-state index contributed by atoms with van der Waals surface area (Å²) in [6.07, 6.45) is 3.86. The number of piperidine rings is 3. The van der Waals surface area contributed by atoms with Gasteiger partial charge >= 0.3 is 13.3 Å². The fourth-order valence-electron chi connectivity index (χ4n) is 12.6. The van der Waals surface area contributed by atoms with Crippen molar-refractivity contribution in [2.75, 3.05) is 19.6 Å². The molecule has 8 N–H and O–H groups in total. The van der Waals surface area contributed by atoms with Gasteiger partial charge in [0, 0.05) is 79.5 Å². The molecule has 0 radical (unpaired) electrons. The minimum absolute atomic E-state index is 0.0121. The lowest BCUT2D eigenvalue weighted by atomic mass is 9.91. The number of carbonyl (C=O) groups is 9. The topological polar surface area (TPSA) is 295 Å². The summed E-state index contributed by atoms with van der Waals surface area (Å²) < 4.78 is 40.9. The number of nitrogens with two attached hydrogens (primary N) is 1. The van der Waals surface area contributed by atoms with Crippen molar-refractivity contribution in [3.8, 4) is 11.8 Å². The van der Waals surface area contributed by atoms with Gasteiger partial charge in [0.25, 0.3) is 11.8 Å². The summed E-state index contributed by atoms with van der Waals surface area (Å²) in [4.78, 5) is 145. The average Bonchev–Trinajstić information content (AvgIpc) is 1.43. The molecule has 4 aromatic carbocycles. The quantitative estimate of drug-likeness (QED) is 0.0372. The van der Waals surface area contributed by atoms with Crippen molar-refractivity contribution >= 4 is 71.5 Å². The van der Waals surface area contributed by atoms with E-state index in [1.54, 1.807) is 47.4 Å². The number of fused-ring (bicyclic) bond motifs is 3. The first-order valence-electron chi connectivity index (χ1n) is 27.7. The SMILES string of the molecule is CCCC[C@H](NC(=O)c1ccc2ccc(C(F)(F)P(=O)(O)O)cc2c1)C(=O)N1C[C@@H]2C3[C@@H]2[C@@]31C(=O)N[C@@H](CCC(N)=O)C(=O)N[C@H](C(=O)N1CCC(CCC#Cc2cccc3c2CN(C2CCC(=O)NC2=O)C3=O)CC1)c1ccccc1. The van der Waals surface area contributed by atoms with Gasteiger partial charge in [-0.05, 0) is 103 Å². The molecule has 20 nitrogen and oxygen atoms in total. The molecule has 2 saturated carbocycles. The number of hydrogen-bond donors (Lipinski definition) is 7. The molecule has 5 aliphatic heterocycles. The molecule has 6 fully saturated rings. The molecule has 0 aromatic heterocycles. The van der Waals surface area contributed by atoms with Gasteiger partial charge in [0.2, 0.25) is 41.4 Å². The van der Waals surface area contributed by atoms with Gasteiger partial charge in [0.1, 0.15) is 29.7 Å². The second kappa shape index (κ2) is 22.8. The summed E-state index contributed by atoms with van der Waals surface area (Å²) in [5.74, 6) is 1.45. The first-order chi connectivity index (χ1) is 39.1. The summed E-state index contributed by atoms with van der Waals surface area (Å²) >= 11 is 0. The third kappa shape index (κ3) is 11.0. The van der Waals surface area contributed by atoms with Crippen LogP contribution in [0, 0.1) is 35.5 Å². The van der Waals surface area contributed by atoms with Gasteiger partial charge in [-0.1, -0.05) is 86.2 Å². The zero-order chi connectivity index (χ0) is 58.4. The lowest BCUT2D eigenvalue weighted by Crippen LogP contribution is -2.59. The molecule has 82 heavy (non-hydrogen) atoms. The lowest BCUT2D eigenvalue weighted by molar-refractivity contribution is -0.143. The van der Waals surface area contributed by atoms with Crippen molar-refractivity contribution in [1.29, 1.82) is 0 Å². The molecule has 4 saturated heterocycles. The molecule has 5 heterocycles. The summed E-state index contributed by atoms with van der Waals surface area (Å²) in [6, 6.07) is 16.8. The minimum Gasteiger partial charge on any atom is -0.370 e. The van der Waals surface area contributed by atoms with Gasteiger partial charge in [-0.2, -0.15) is 8.78 Å². The Hall–Kier alpha value is -7.86. The molecule has 2 unspecified atom stereocenters. The van der Waals surface area contributed by atoms with E-state index < -0.39 is 84.0 Å². The number of nitrogens with one attached hydrogen (secondary N) is 4. The van der Waals surface area contributed by atoms with E-state index in [4.69, 9.17) is 5.73 Å². The predicted molar refractivity (Wildman–Crippen MR) is 291 cm³/mol. The number of primary amides is 1. The van der Waals surface area contributed by atoms with Crippen LogP contribution in [0.5, 0.6) is 0 Å². The summed E-state index contributed by atoms with van der Waals surface area (Å²) in [5, 5.41) is 11.3. The van der Waals surface area contributed by atoms with Crippen LogP contribution in [0.25, 0.3) is 10.8 Å². The fourth-order valence-corrected chi connectivity index (χ4v) is 13.1. The molecule has 9 amide bonds. The van der Waals surface area contributed by atoms with Crippen LogP contribution in [0.1, 0.15) is 127 Å². The molecule has 2 bridgehead atoms. The Morgan fingerprint density at radius 3 is 2.29 bits per heavy atom. The van der Waals surface area contributed by atoms with Gasteiger partial charge in [-0.25, -0.2) is 0 Å². The Kier molecular flexibility index (Phi) is 16.0. The van der Waals surface area contributed by atoms with E-state index in [9.17, 15) is 66.3 Å². The average molecular weight is 1150 g/mol. The van der Waals surface area contributed by atoms with E-state index in [0.29, 0.717) is 67.3 Å². The second-order valence-electron chi connectivity index (χ2n) is 22.2. The minimum atomic E-state index is -5.88. The fraction of sp³-hybridized carbons (Fsp3) is 0.441. The Morgan fingerprint density at radius 2 is 1.60 bits per heavy atom. The number of benzene rings is 4. The van der Waals surface area contributed by atoms with Gasteiger partial charge in [0.05, 0.1) is 0 Å². The van der Waals surface area contributed by atoms with Crippen molar-refractivity contribution < 1.29 is 66.3 Å². The van der Waals surface area contributed by atoms with Crippen molar-refractivity contribution in [3.05, 3.63) is 118 Å². The molecule has 7 aliphatic rings. The van der Waals surface area contributed by atoms with E-state index in [2.05, 4.69) is 33.1 Å². The van der Waals surface area contributed by atoms with Gasteiger partial charge in [0.15, 0.2) is 0 Å². The van der Waals surface area contributed by atoms with Crippen LogP contribution >= 0.6 is 7.60 Å². The number of rotatable bonds is 20. The van der Waals surface area contributed by atoms with Crippen LogP contribution in [0.2, 0.25) is 0 Å². The highest BCUT2D eigenvalue weighted by Gasteiger charge is 2.94. The normalized spacial score (nSPS) is 22.9.